The molecule has 0 bridgehead atoms. The Morgan fingerprint density at radius 2 is 1.69 bits per heavy atom. The highest BCUT2D eigenvalue weighted by atomic mass is 32.2. The lowest BCUT2D eigenvalue weighted by Gasteiger charge is -2.27. The molecule has 2 aliphatic carbocycles. The van der Waals surface area contributed by atoms with Crippen LogP contribution < -0.4 is 15.8 Å². The van der Waals surface area contributed by atoms with E-state index < -0.39 is 10.0 Å². The SMILES string of the molecule is N#Cc1ccccc1S(=O)(=O)Nc1cccc(-c2ccc(C3CC3NC3CCC(N)CC3)cc2)n1. The summed E-state index contributed by atoms with van der Waals surface area (Å²) in [6, 6.07) is 23.1. The van der Waals surface area contributed by atoms with Crippen LogP contribution in [-0.4, -0.2) is 31.5 Å². The quantitative estimate of drug-likeness (QED) is 0.461. The molecule has 0 amide bonds. The van der Waals surface area contributed by atoms with Crippen LogP contribution in [0.15, 0.2) is 71.6 Å². The van der Waals surface area contributed by atoms with E-state index in [2.05, 4.69) is 27.2 Å². The molecule has 1 heterocycles. The van der Waals surface area contributed by atoms with Crippen LogP contribution in [0.25, 0.3) is 11.3 Å². The molecule has 2 unspecified atom stereocenters. The molecule has 1 aromatic heterocycles. The average molecular weight is 488 g/mol. The molecule has 2 atom stereocenters. The van der Waals surface area contributed by atoms with Gasteiger partial charge in [-0.1, -0.05) is 42.5 Å². The van der Waals surface area contributed by atoms with Crippen molar-refractivity contribution in [1.82, 2.24) is 10.3 Å². The largest absolute Gasteiger partial charge is 0.328 e. The zero-order chi connectivity index (χ0) is 24.4. The Bertz CT molecular complexity index is 1340. The van der Waals surface area contributed by atoms with Gasteiger partial charge in [-0.3, -0.25) is 4.72 Å². The number of nitriles is 1. The first-order valence-corrected chi connectivity index (χ1v) is 13.5. The van der Waals surface area contributed by atoms with Crippen molar-refractivity contribution < 1.29 is 8.42 Å². The molecule has 8 heteroatoms. The Morgan fingerprint density at radius 1 is 0.943 bits per heavy atom. The second-order valence-electron chi connectivity index (χ2n) is 9.47. The van der Waals surface area contributed by atoms with Crippen LogP contribution in [0.4, 0.5) is 5.82 Å². The number of nitrogens with zero attached hydrogens (tertiary/aromatic N) is 2. The third kappa shape index (κ3) is 5.38. The molecular weight excluding hydrogens is 458 g/mol. The molecule has 2 aromatic carbocycles. The molecule has 2 fully saturated rings. The number of anilines is 1. The van der Waals surface area contributed by atoms with Gasteiger partial charge >= 0.3 is 0 Å². The molecule has 2 saturated carbocycles. The highest BCUT2D eigenvalue weighted by molar-refractivity contribution is 7.92. The van der Waals surface area contributed by atoms with Crippen LogP contribution in [0, 0.1) is 11.3 Å². The van der Waals surface area contributed by atoms with Gasteiger partial charge in [-0.2, -0.15) is 5.26 Å². The smallest absolute Gasteiger partial charge is 0.264 e. The number of rotatable bonds is 7. The van der Waals surface area contributed by atoms with Crippen molar-refractivity contribution >= 4 is 15.8 Å². The Kier molecular flexibility index (Phi) is 6.56. The second-order valence-corrected chi connectivity index (χ2v) is 11.1. The van der Waals surface area contributed by atoms with E-state index in [1.165, 1.54) is 17.7 Å². The Labute approximate surface area is 206 Å². The highest BCUT2D eigenvalue weighted by Crippen LogP contribution is 2.42. The molecule has 0 saturated heterocycles. The predicted molar refractivity (Wildman–Crippen MR) is 136 cm³/mol. The van der Waals surface area contributed by atoms with Gasteiger partial charge in [-0.15, -0.1) is 0 Å². The topological polar surface area (TPSA) is 121 Å². The Hall–Kier alpha value is -3.25. The first-order chi connectivity index (χ1) is 16.9. The van der Waals surface area contributed by atoms with Crippen LogP contribution in [0.5, 0.6) is 0 Å². The number of aromatic nitrogens is 1. The van der Waals surface area contributed by atoms with Crippen molar-refractivity contribution in [1.29, 1.82) is 5.26 Å². The summed E-state index contributed by atoms with van der Waals surface area (Å²) in [6.07, 6.45) is 5.70. The maximum absolute atomic E-state index is 12.8. The van der Waals surface area contributed by atoms with Crippen LogP contribution >= 0.6 is 0 Å². The summed E-state index contributed by atoms with van der Waals surface area (Å²) in [7, 11) is -3.94. The Balaban J connectivity index is 1.25. The van der Waals surface area contributed by atoms with E-state index in [9.17, 15) is 13.7 Å². The molecule has 5 rings (SSSR count). The van der Waals surface area contributed by atoms with Gasteiger partial charge in [0, 0.05) is 29.6 Å². The van der Waals surface area contributed by atoms with E-state index in [1.54, 1.807) is 24.3 Å². The van der Waals surface area contributed by atoms with E-state index >= 15 is 0 Å². The maximum Gasteiger partial charge on any atom is 0.264 e. The van der Waals surface area contributed by atoms with Crippen molar-refractivity contribution in [3.05, 3.63) is 77.9 Å². The van der Waals surface area contributed by atoms with Gasteiger partial charge in [-0.25, -0.2) is 13.4 Å². The number of pyridine rings is 1. The number of sulfonamides is 1. The molecule has 180 valence electrons. The number of nitrogens with two attached hydrogens (primary N) is 1. The van der Waals surface area contributed by atoms with Crippen molar-refractivity contribution in [2.75, 3.05) is 4.72 Å². The van der Waals surface area contributed by atoms with Crippen molar-refractivity contribution in [3.63, 3.8) is 0 Å². The zero-order valence-electron chi connectivity index (χ0n) is 19.4. The Morgan fingerprint density at radius 3 is 2.43 bits per heavy atom. The fourth-order valence-corrected chi connectivity index (χ4v) is 6.04. The normalized spacial score (nSPS) is 23.9. The van der Waals surface area contributed by atoms with E-state index in [0.717, 1.165) is 37.7 Å². The first kappa shape index (κ1) is 23.5. The minimum atomic E-state index is -3.94. The van der Waals surface area contributed by atoms with Crippen LogP contribution in [0.1, 0.15) is 49.1 Å². The summed E-state index contributed by atoms with van der Waals surface area (Å²) in [6.45, 7) is 0. The highest BCUT2D eigenvalue weighted by Gasteiger charge is 2.39. The van der Waals surface area contributed by atoms with E-state index in [-0.39, 0.29) is 16.3 Å². The summed E-state index contributed by atoms with van der Waals surface area (Å²) >= 11 is 0. The molecule has 7 nitrogen and oxygen atoms in total. The summed E-state index contributed by atoms with van der Waals surface area (Å²) in [5.41, 5.74) is 9.01. The molecule has 35 heavy (non-hydrogen) atoms. The number of hydrogen-bond acceptors (Lipinski definition) is 6. The summed E-state index contributed by atoms with van der Waals surface area (Å²) in [4.78, 5) is 4.44. The number of benzene rings is 2. The fourth-order valence-electron chi connectivity index (χ4n) is 4.88. The maximum atomic E-state index is 12.8. The van der Waals surface area contributed by atoms with Gasteiger partial charge in [0.2, 0.25) is 0 Å². The van der Waals surface area contributed by atoms with Crippen molar-refractivity contribution in [2.45, 2.75) is 61.0 Å². The number of nitrogens with one attached hydrogen (secondary N) is 2. The third-order valence-electron chi connectivity index (χ3n) is 6.93. The van der Waals surface area contributed by atoms with Crippen LogP contribution in [-0.2, 0) is 10.0 Å². The third-order valence-corrected chi connectivity index (χ3v) is 8.34. The summed E-state index contributed by atoms with van der Waals surface area (Å²) < 4.78 is 28.2. The monoisotopic (exact) mass is 487 g/mol. The number of hydrogen-bond donors (Lipinski definition) is 3. The zero-order valence-corrected chi connectivity index (χ0v) is 20.2. The average Bonchev–Trinajstić information content (AvgIpc) is 3.64. The molecule has 0 spiro atoms. The van der Waals surface area contributed by atoms with Crippen molar-refractivity contribution in [2.24, 2.45) is 5.73 Å². The lowest BCUT2D eigenvalue weighted by Crippen LogP contribution is -2.38. The molecule has 2 aliphatic rings. The fraction of sp³-hybridized carbons (Fsp3) is 0.333. The standard InChI is InChI=1S/C27H29N5O2S/c28-17-20-4-1-2-6-26(20)35(33,34)32-27-7-3-5-24(31-27)19-10-8-18(9-11-19)23-16-25(23)30-22-14-12-21(29)13-15-22/h1-11,21-23,25,30H,12-16,29H2,(H,31,32). The van der Waals surface area contributed by atoms with Gasteiger partial charge < -0.3 is 11.1 Å². The first-order valence-electron chi connectivity index (χ1n) is 12.0. The van der Waals surface area contributed by atoms with Gasteiger partial charge in [0.25, 0.3) is 10.0 Å². The van der Waals surface area contributed by atoms with Gasteiger partial charge in [0.1, 0.15) is 16.8 Å². The van der Waals surface area contributed by atoms with Crippen molar-refractivity contribution in [3.8, 4) is 17.3 Å². The molecule has 0 aliphatic heterocycles. The molecule has 3 aromatic rings. The van der Waals surface area contributed by atoms with Crippen LogP contribution in [0.2, 0.25) is 0 Å². The lowest BCUT2D eigenvalue weighted by molar-refractivity contribution is 0.339. The summed E-state index contributed by atoms with van der Waals surface area (Å²) in [5.74, 6) is 0.740. The van der Waals surface area contributed by atoms with E-state index in [0.29, 0.717) is 29.7 Å². The van der Waals surface area contributed by atoms with Gasteiger partial charge in [0.15, 0.2) is 0 Å². The van der Waals surface area contributed by atoms with Gasteiger partial charge in [-0.05, 0) is 61.9 Å². The predicted octanol–water partition coefficient (Wildman–Crippen LogP) is 4.14. The lowest BCUT2D eigenvalue weighted by atomic mass is 9.92. The van der Waals surface area contributed by atoms with Gasteiger partial charge in [0.05, 0.1) is 11.3 Å². The van der Waals surface area contributed by atoms with E-state index in [4.69, 9.17) is 5.73 Å². The molecular formula is C27H29N5O2S. The molecule has 0 radical (unpaired) electrons. The minimum Gasteiger partial charge on any atom is -0.328 e. The minimum absolute atomic E-state index is 0.0669. The summed E-state index contributed by atoms with van der Waals surface area (Å²) in [5, 5.41) is 13.1. The second kappa shape index (κ2) is 9.78. The van der Waals surface area contributed by atoms with Crippen LogP contribution in [0.3, 0.4) is 0 Å². The van der Waals surface area contributed by atoms with E-state index in [1.807, 2.05) is 24.3 Å². The molecule has 4 N–H and O–H groups in total.